The molecule has 1 aromatic heterocycles. The second kappa shape index (κ2) is 10.5. The van der Waals surface area contributed by atoms with Crippen LogP contribution in [0.2, 0.25) is 10.0 Å². The van der Waals surface area contributed by atoms with Crippen molar-refractivity contribution in [3.8, 4) is 0 Å². The highest BCUT2D eigenvalue weighted by molar-refractivity contribution is 14.1. The molecule has 1 aliphatic carbocycles. The number of hydrogen-bond acceptors (Lipinski definition) is 3. The molecule has 3 nitrogen and oxygen atoms in total. The number of aromatic nitrogens is 1. The van der Waals surface area contributed by atoms with Crippen molar-refractivity contribution in [2.45, 2.75) is 41.3 Å². The van der Waals surface area contributed by atoms with Gasteiger partial charge in [-0.3, -0.25) is 10.3 Å². The first-order chi connectivity index (χ1) is 13.4. The minimum Gasteiger partial charge on any atom is -0.319 e. The number of hydrogen-bond donors (Lipinski definition) is 2. The van der Waals surface area contributed by atoms with E-state index in [0.717, 1.165) is 53.7 Å². The normalized spacial score (nSPS) is 23.5. The molecule has 0 radical (unpaired) electrons. The first-order valence-electron chi connectivity index (χ1n) is 9.43. The van der Waals surface area contributed by atoms with E-state index in [1.54, 1.807) is 0 Å². The number of nitrogens with one attached hydrogen (secondary N) is 1. The number of alkyl halides is 1. The van der Waals surface area contributed by atoms with Crippen molar-refractivity contribution in [2.24, 2.45) is 5.73 Å². The topological polar surface area (TPSA) is 50.9 Å². The smallest absolute Gasteiger partial charge is 0.0931 e. The Morgan fingerprint density at radius 1 is 0.967 bits per heavy atom. The lowest BCUT2D eigenvalue weighted by molar-refractivity contribution is 0.202. The van der Waals surface area contributed by atoms with E-state index in [1.165, 1.54) is 5.56 Å². The van der Waals surface area contributed by atoms with Crippen molar-refractivity contribution in [1.82, 2.24) is 10.3 Å². The molecule has 3 aromatic rings. The van der Waals surface area contributed by atoms with E-state index in [4.69, 9.17) is 28.9 Å². The molecule has 0 spiro atoms. The first-order valence-corrected chi connectivity index (χ1v) is 11.3. The molecule has 0 saturated heterocycles. The molecule has 0 aliphatic heterocycles. The number of nitrogens with two attached hydrogens (primary N) is 1. The van der Waals surface area contributed by atoms with Gasteiger partial charge in [-0.05, 0) is 54.3 Å². The number of nitrogens with zero attached hydrogens (tertiary/aromatic N) is 1. The predicted molar refractivity (Wildman–Crippen MR) is 141 cm³/mol. The van der Waals surface area contributed by atoms with Gasteiger partial charge in [-0.2, -0.15) is 0 Å². The molecular weight excluding hydrogens is 575 g/mol. The summed E-state index contributed by atoms with van der Waals surface area (Å²) in [6, 6.07) is 15.9. The van der Waals surface area contributed by atoms with Crippen LogP contribution in [0.5, 0.6) is 0 Å². The fourth-order valence-corrected chi connectivity index (χ4v) is 5.57. The third-order valence-corrected chi connectivity index (χ3v) is 8.09. The number of fused-ring (bicyclic) bond motifs is 1. The second-order valence-electron chi connectivity index (χ2n) is 7.48. The van der Waals surface area contributed by atoms with E-state index in [-0.39, 0.29) is 28.4 Å². The van der Waals surface area contributed by atoms with Gasteiger partial charge in [0, 0.05) is 28.2 Å². The lowest BCUT2D eigenvalue weighted by atomic mass is 9.72. The summed E-state index contributed by atoms with van der Waals surface area (Å²) in [5.41, 5.74) is 9.90. The van der Waals surface area contributed by atoms with Gasteiger partial charge in [0.15, 0.2) is 0 Å². The third kappa shape index (κ3) is 5.01. The van der Waals surface area contributed by atoms with Crippen LogP contribution >= 0.6 is 70.6 Å². The Hall–Kier alpha value is -0.340. The second-order valence-corrected chi connectivity index (χ2v) is 10.2. The summed E-state index contributed by atoms with van der Waals surface area (Å²) in [6.45, 7) is 0.744. The summed E-state index contributed by atoms with van der Waals surface area (Å²) in [7, 11) is 0. The van der Waals surface area contributed by atoms with Crippen LogP contribution in [0, 0.1) is 0 Å². The van der Waals surface area contributed by atoms with Crippen LogP contribution < -0.4 is 11.1 Å². The van der Waals surface area contributed by atoms with Crippen molar-refractivity contribution in [3.05, 3.63) is 75.9 Å². The van der Waals surface area contributed by atoms with Gasteiger partial charge in [0.05, 0.1) is 14.6 Å². The maximum absolute atomic E-state index is 7.20. The Kier molecular flexibility index (Phi) is 9.09. The summed E-state index contributed by atoms with van der Waals surface area (Å²) in [5.74, 6) is 0. The fourth-order valence-electron chi connectivity index (χ4n) is 4.14. The maximum atomic E-state index is 7.20. The van der Waals surface area contributed by atoms with E-state index in [0.29, 0.717) is 5.02 Å². The van der Waals surface area contributed by atoms with Crippen LogP contribution in [0.4, 0.5) is 0 Å². The molecule has 0 bridgehead atoms. The summed E-state index contributed by atoms with van der Waals surface area (Å²) in [6.07, 6.45) is 6.04. The fraction of sp³-hybridized carbons (Fsp3) is 0.318. The highest BCUT2D eigenvalue weighted by atomic mass is 127. The van der Waals surface area contributed by atoms with Crippen molar-refractivity contribution >= 4 is 81.5 Å². The monoisotopic (exact) mass is 597 g/mol. The van der Waals surface area contributed by atoms with Crippen molar-refractivity contribution in [2.75, 3.05) is 0 Å². The molecule has 2 aromatic carbocycles. The first kappa shape index (κ1) is 25.9. The largest absolute Gasteiger partial charge is 0.319 e. The van der Waals surface area contributed by atoms with Crippen LogP contribution in [0.25, 0.3) is 10.9 Å². The lowest BCUT2D eigenvalue weighted by Gasteiger charge is -2.49. The van der Waals surface area contributed by atoms with Gasteiger partial charge in [-0.1, -0.05) is 76.8 Å². The number of pyridine rings is 1. The molecule has 2 atom stereocenters. The lowest BCUT2D eigenvalue weighted by Crippen LogP contribution is -2.63. The van der Waals surface area contributed by atoms with Crippen LogP contribution in [-0.2, 0) is 12.1 Å². The summed E-state index contributed by atoms with van der Waals surface area (Å²) in [4.78, 5) is 4.50. The molecule has 8 heteroatoms. The van der Waals surface area contributed by atoms with Gasteiger partial charge in [0.2, 0.25) is 0 Å². The third-order valence-electron chi connectivity index (χ3n) is 5.72. The van der Waals surface area contributed by atoms with E-state index in [9.17, 15) is 0 Å². The molecule has 1 heterocycles. The molecule has 162 valence electrons. The van der Waals surface area contributed by atoms with E-state index in [2.05, 4.69) is 51.1 Å². The van der Waals surface area contributed by atoms with Gasteiger partial charge in [0.1, 0.15) is 0 Å². The minimum atomic E-state index is -0.507. The van der Waals surface area contributed by atoms with Crippen LogP contribution in [-0.4, -0.2) is 8.53 Å². The Morgan fingerprint density at radius 3 is 2.37 bits per heavy atom. The van der Waals surface area contributed by atoms with E-state index >= 15 is 0 Å². The zero-order valence-corrected chi connectivity index (χ0v) is 21.5. The van der Waals surface area contributed by atoms with Gasteiger partial charge < -0.3 is 5.73 Å². The summed E-state index contributed by atoms with van der Waals surface area (Å²) < 4.78 is -0.267. The standard InChI is InChI=1S/C22H22Cl2IN3.2ClH/c23-16-5-3-15(4-6-16)14-28-22(25)11-2-1-10-21(22,26)19-9-12-27-20-13-17(24)7-8-18(19)20;;/h3-9,12-13,28H,1-2,10-11,14,26H2;2*1H. The van der Waals surface area contributed by atoms with Gasteiger partial charge in [-0.25, -0.2) is 0 Å². The van der Waals surface area contributed by atoms with Gasteiger partial charge in [0.25, 0.3) is 0 Å². The quantitative estimate of drug-likeness (QED) is 0.192. The predicted octanol–water partition coefficient (Wildman–Crippen LogP) is 7.03. The average Bonchev–Trinajstić information content (AvgIpc) is 2.69. The number of rotatable bonds is 4. The molecular formula is C22H24Cl4IN3. The molecule has 0 amide bonds. The van der Waals surface area contributed by atoms with Crippen LogP contribution in [0.15, 0.2) is 54.7 Å². The molecule has 1 aliphatic rings. The van der Waals surface area contributed by atoms with Crippen molar-refractivity contribution in [3.63, 3.8) is 0 Å². The summed E-state index contributed by atoms with van der Waals surface area (Å²) >= 11 is 14.7. The maximum Gasteiger partial charge on any atom is 0.0931 e. The SMILES string of the molecule is Cl.Cl.NC1(c2ccnc3cc(Cl)ccc23)CCCCC1(I)NCc1ccc(Cl)cc1. The van der Waals surface area contributed by atoms with Crippen LogP contribution in [0.1, 0.15) is 36.8 Å². The molecule has 3 N–H and O–H groups in total. The Bertz CT molecular complexity index is 1000. The van der Waals surface area contributed by atoms with E-state index < -0.39 is 5.54 Å². The van der Waals surface area contributed by atoms with Crippen molar-refractivity contribution < 1.29 is 0 Å². The summed E-state index contributed by atoms with van der Waals surface area (Å²) in [5, 5.41) is 6.28. The molecule has 4 rings (SSSR count). The molecule has 1 saturated carbocycles. The molecule has 30 heavy (non-hydrogen) atoms. The average molecular weight is 599 g/mol. The van der Waals surface area contributed by atoms with Crippen LogP contribution in [0.3, 0.4) is 0 Å². The highest BCUT2D eigenvalue weighted by Gasteiger charge is 2.50. The minimum absolute atomic E-state index is 0. The molecule has 2 unspecified atom stereocenters. The Labute approximate surface area is 213 Å². The van der Waals surface area contributed by atoms with Gasteiger partial charge >= 0.3 is 0 Å². The highest BCUT2D eigenvalue weighted by Crippen LogP contribution is 2.48. The Morgan fingerprint density at radius 2 is 1.63 bits per heavy atom. The van der Waals surface area contributed by atoms with Crippen molar-refractivity contribution in [1.29, 1.82) is 0 Å². The number of halogens is 5. The Balaban J connectivity index is 0.00000160. The zero-order chi connectivity index (χ0) is 19.8. The number of benzene rings is 2. The van der Waals surface area contributed by atoms with Gasteiger partial charge in [-0.15, -0.1) is 24.8 Å². The van der Waals surface area contributed by atoms with E-state index in [1.807, 2.05) is 36.5 Å². The zero-order valence-electron chi connectivity index (χ0n) is 16.2. The molecule has 1 fully saturated rings.